The fourth-order valence-electron chi connectivity index (χ4n) is 3.79. The van der Waals surface area contributed by atoms with Gasteiger partial charge in [-0.1, -0.05) is 0 Å². The molecule has 4 rings (SSSR count). The van der Waals surface area contributed by atoms with Gasteiger partial charge in [0.15, 0.2) is 0 Å². The van der Waals surface area contributed by atoms with Crippen LogP contribution in [0.25, 0.3) is 5.88 Å². The number of alkyl halides is 3. The largest absolute Gasteiger partial charge is 0.443 e. The molecule has 4 heterocycles. The van der Waals surface area contributed by atoms with E-state index in [0.29, 0.717) is 50.1 Å². The van der Waals surface area contributed by atoms with E-state index in [1.54, 1.807) is 40.9 Å². The van der Waals surface area contributed by atoms with Gasteiger partial charge in [0, 0.05) is 44.8 Å². The van der Waals surface area contributed by atoms with E-state index in [2.05, 4.69) is 11.1 Å². The molecule has 1 fully saturated rings. The fourth-order valence-corrected chi connectivity index (χ4v) is 3.79. The third-order valence-corrected chi connectivity index (χ3v) is 5.41. The molecule has 0 bridgehead atoms. The lowest BCUT2D eigenvalue weighted by Crippen LogP contribution is -2.35. The molecule has 0 N–H and O–H groups in total. The summed E-state index contributed by atoms with van der Waals surface area (Å²) in [6, 6.07) is 8.02. The van der Waals surface area contributed by atoms with Crippen LogP contribution in [0.3, 0.4) is 0 Å². The average molecular weight is 443 g/mol. The smallest absolute Gasteiger partial charge is 0.417 e. The second-order valence-corrected chi connectivity index (χ2v) is 7.45. The average Bonchev–Trinajstić information content (AvgIpc) is 3.33. The molecule has 3 aromatic heterocycles. The molecule has 1 aliphatic heterocycles. The fraction of sp³-hybridized carbons (Fsp3) is 0.318. The van der Waals surface area contributed by atoms with Crippen molar-refractivity contribution in [2.45, 2.75) is 19.5 Å². The van der Waals surface area contributed by atoms with Crippen LogP contribution in [-0.2, 0) is 6.18 Å². The maximum atomic E-state index is 13.3. The molecule has 0 aliphatic carbocycles. The Morgan fingerprint density at radius 3 is 2.53 bits per heavy atom. The Hall–Kier alpha value is -3.74. The standard InChI is InChI=1S/C22H20F3N5O2/c1-15-19(17(13-26)21(32-15)30-7-2-3-8-30)20(31)29-10-4-9-28(11-12-29)18-6-5-16(14-27-18)22(23,24)25/h2-3,5-8,14H,4,9-12H2,1H3. The first kappa shape index (κ1) is 21.5. The Morgan fingerprint density at radius 1 is 1.16 bits per heavy atom. The van der Waals surface area contributed by atoms with Crippen molar-refractivity contribution >= 4 is 11.7 Å². The van der Waals surface area contributed by atoms with Gasteiger partial charge in [0.2, 0.25) is 5.88 Å². The Kier molecular flexibility index (Phi) is 5.65. The molecule has 0 unspecified atom stereocenters. The Bertz CT molecular complexity index is 1140. The summed E-state index contributed by atoms with van der Waals surface area (Å²) in [6.45, 7) is 3.40. The number of nitrogens with zero attached hydrogens (tertiary/aromatic N) is 5. The number of aromatic nitrogens is 2. The number of anilines is 1. The van der Waals surface area contributed by atoms with Gasteiger partial charge < -0.3 is 14.2 Å². The highest BCUT2D eigenvalue weighted by molar-refractivity contribution is 5.98. The molecule has 0 spiro atoms. The highest BCUT2D eigenvalue weighted by atomic mass is 19.4. The summed E-state index contributed by atoms with van der Waals surface area (Å²) >= 11 is 0. The first-order valence-electron chi connectivity index (χ1n) is 10.0. The first-order chi connectivity index (χ1) is 15.3. The number of halogens is 3. The number of carbonyl (C=O) groups excluding carboxylic acids is 1. The molecular weight excluding hydrogens is 423 g/mol. The number of pyridine rings is 1. The summed E-state index contributed by atoms with van der Waals surface area (Å²) in [7, 11) is 0. The Morgan fingerprint density at radius 2 is 1.91 bits per heavy atom. The molecule has 7 nitrogen and oxygen atoms in total. The molecule has 1 amide bonds. The van der Waals surface area contributed by atoms with Crippen LogP contribution in [-0.4, -0.2) is 46.5 Å². The SMILES string of the molecule is Cc1oc(-n2cccc2)c(C#N)c1C(=O)N1CCCN(c2ccc(C(F)(F)F)cn2)CC1. The van der Waals surface area contributed by atoms with Gasteiger partial charge in [0.25, 0.3) is 5.91 Å². The number of aryl methyl sites for hydroxylation is 1. The van der Waals surface area contributed by atoms with Crippen molar-refractivity contribution < 1.29 is 22.4 Å². The van der Waals surface area contributed by atoms with Crippen molar-refractivity contribution in [3.8, 4) is 12.0 Å². The van der Waals surface area contributed by atoms with Crippen LogP contribution in [0, 0.1) is 18.3 Å². The van der Waals surface area contributed by atoms with Crippen LogP contribution in [0.4, 0.5) is 19.0 Å². The van der Waals surface area contributed by atoms with Gasteiger partial charge in [-0.3, -0.25) is 9.36 Å². The third kappa shape index (κ3) is 4.06. The number of amides is 1. The predicted octanol–water partition coefficient (Wildman–Crippen LogP) is 4.02. The van der Waals surface area contributed by atoms with Gasteiger partial charge in [-0.2, -0.15) is 18.4 Å². The molecule has 0 aromatic carbocycles. The molecule has 32 heavy (non-hydrogen) atoms. The van der Waals surface area contributed by atoms with Gasteiger partial charge in [0.05, 0.1) is 5.56 Å². The van der Waals surface area contributed by atoms with E-state index >= 15 is 0 Å². The molecule has 0 saturated carbocycles. The van der Waals surface area contributed by atoms with Crippen molar-refractivity contribution in [1.82, 2.24) is 14.5 Å². The molecule has 0 radical (unpaired) electrons. The third-order valence-electron chi connectivity index (χ3n) is 5.41. The quantitative estimate of drug-likeness (QED) is 0.611. The summed E-state index contributed by atoms with van der Waals surface area (Å²) in [5, 5.41) is 9.69. The Balaban J connectivity index is 1.52. The van der Waals surface area contributed by atoms with Crippen LogP contribution in [0.1, 0.15) is 33.7 Å². The lowest BCUT2D eigenvalue weighted by Gasteiger charge is -2.23. The second-order valence-electron chi connectivity index (χ2n) is 7.45. The number of hydrogen-bond donors (Lipinski definition) is 0. The van der Waals surface area contributed by atoms with Crippen LogP contribution in [0.5, 0.6) is 0 Å². The van der Waals surface area contributed by atoms with E-state index in [1.165, 1.54) is 6.07 Å². The molecule has 0 atom stereocenters. The summed E-state index contributed by atoms with van der Waals surface area (Å²) in [5.41, 5.74) is -0.391. The zero-order valence-corrected chi connectivity index (χ0v) is 17.3. The molecule has 1 aliphatic rings. The van der Waals surface area contributed by atoms with E-state index in [1.807, 2.05) is 4.90 Å². The molecule has 10 heteroatoms. The summed E-state index contributed by atoms with van der Waals surface area (Å²) in [5.74, 6) is 0.785. The minimum atomic E-state index is -4.44. The Labute approximate surface area is 182 Å². The first-order valence-corrected chi connectivity index (χ1v) is 10.0. The minimum absolute atomic E-state index is 0.175. The number of rotatable bonds is 3. The lowest BCUT2D eigenvalue weighted by molar-refractivity contribution is -0.137. The summed E-state index contributed by atoms with van der Waals surface area (Å²) in [6.07, 6.45) is 0.452. The van der Waals surface area contributed by atoms with E-state index in [-0.39, 0.29) is 17.0 Å². The van der Waals surface area contributed by atoms with Crippen molar-refractivity contribution in [1.29, 1.82) is 5.26 Å². The van der Waals surface area contributed by atoms with Crippen LogP contribution >= 0.6 is 0 Å². The minimum Gasteiger partial charge on any atom is -0.443 e. The topological polar surface area (TPSA) is 78.3 Å². The highest BCUT2D eigenvalue weighted by Crippen LogP contribution is 2.30. The van der Waals surface area contributed by atoms with Gasteiger partial charge in [-0.05, 0) is 37.6 Å². The zero-order valence-electron chi connectivity index (χ0n) is 17.3. The van der Waals surface area contributed by atoms with Crippen LogP contribution in [0.15, 0.2) is 47.3 Å². The number of hydrogen-bond acceptors (Lipinski definition) is 5. The molecular formula is C22H20F3N5O2. The van der Waals surface area contributed by atoms with Gasteiger partial charge in [-0.15, -0.1) is 0 Å². The van der Waals surface area contributed by atoms with E-state index < -0.39 is 11.7 Å². The highest BCUT2D eigenvalue weighted by Gasteiger charge is 2.32. The number of nitriles is 1. The van der Waals surface area contributed by atoms with Gasteiger partial charge in [0.1, 0.15) is 28.8 Å². The van der Waals surface area contributed by atoms with Gasteiger partial charge >= 0.3 is 6.18 Å². The predicted molar refractivity (Wildman–Crippen MR) is 109 cm³/mol. The maximum absolute atomic E-state index is 13.3. The van der Waals surface area contributed by atoms with E-state index in [4.69, 9.17) is 4.42 Å². The molecule has 166 valence electrons. The normalized spacial score (nSPS) is 14.8. The maximum Gasteiger partial charge on any atom is 0.417 e. The zero-order chi connectivity index (χ0) is 22.9. The van der Waals surface area contributed by atoms with E-state index in [0.717, 1.165) is 12.3 Å². The number of carbonyl (C=O) groups is 1. The van der Waals surface area contributed by atoms with Crippen LogP contribution in [0.2, 0.25) is 0 Å². The molecule has 3 aromatic rings. The van der Waals surface area contributed by atoms with Crippen molar-refractivity contribution in [2.24, 2.45) is 0 Å². The van der Waals surface area contributed by atoms with Crippen molar-refractivity contribution in [3.05, 3.63) is 65.3 Å². The summed E-state index contributed by atoms with van der Waals surface area (Å²) < 4.78 is 45.7. The monoisotopic (exact) mass is 443 g/mol. The van der Waals surface area contributed by atoms with Gasteiger partial charge in [-0.25, -0.2) is 4.98 Å². The second kappa shape index (κ2) is 8.42. The molecule has 1 saturated heterocycles. The lowest BCUT2D eigenvalue weighted by atomic mass is 10.1. The van der Waals surface area contributed by atoms with Crippen LogP contribution < -0.4 is 4.90 Å². The van der Waals surface area contributed by atoms with Crippen molar-refractivity contribution in [3.63, 3.8) is 0 Å². The van der Waals surface area contributed by atoms with Crippen molar-refractivity contribution in [2.75, 3.05) is 31.1 Å². The number of furan rings is 1. The van der Waals surface area contributed by atoms with E-state index in [9.17, 15) is 23.2 Å². The summed E-state index contributed by atoms with van der Waals surface area (Å²) in [4.78, 5) is 20.7.